The van der Waals surface area contributed by atoms with Gasteiger partial charge in [-0.15, -0.1) is 12.4 Å². The molecule has 0 spiro atoms. The third-order valence-corrected chi connectivity index (χ3v) is 4.61. The number of nitrogens with two attached hydrogens (primary N) is 1. The maximum Gasteiger partial charge on any atom is 0.224 e. The van der Waals surface area contributed by atoms with E-state index in [0.717, 1.165) is 31.1 Å². The van der Waals surface area contributed by atoms with Crippen molar-refractivity contribution in [3.63, 3.8) is 0 Å². The standard InChI is InChI=1S/C15H23N3O3S.ClH/c1-22(20,21)17-10-11-5-7-13(8-6-11)18-15(19)9-12-3-2-4-14(12)16;/h5-8,12,14,17H,2-4,9-10,16H2,1H3,(H,18,19);1H/t12-,14+;/m0./s1. The molecule has 23 heavy (non-hydrogen) atoms. The second-order valence-corrected chi connectivity index (χ2v) is 7.73. The van der Waals surface area contributed by atoms with Crippen LogP contribution in [-0.2, 0) is 21.4 Å². The molecule has 0 bridgehead atoms. The smallest absolute Gasteiger partial charge is 0.224 e. The van der Waals surface area contributed by atoms with E-state index in [2.05, 4.69) is 10.0 Å². The number of rotatable bonds is 6. The molecular formula is C15H24ClN3O3S. The molecule has 0 saturated heterocycles. The van der Waals surface area contributed by atoms with Crippen LogP contribution in [0.1, 0.15) is 31.2 Å². The van der Waals surface area contributed by atoms with E-state index in [4.69, 9.17) is 5.73 Å². The van der Waals surface area contributed by atoms with Crippen LogP contribution in [0.15, 0.2) is 24.3 Å². The number of hydrogen-bond donors (Lipinski definition) is 3. The minimum atomic E-state index is -3.20. The highest BCUT2D eigenvalue weighted by Gasteiger charge is 2.25. The van der Waals surface area contributed by atoms with Gasteiger partial charge in [0, 0.05) is 24.7 Å². The van der Waals surface area contributed by atoms with E-state index in [1.807, 2.05) is 0 Å². The molecule has 0 aliphatic heterocycles. The minimum absolute atomic E-state index is 0. The lowest BCUT2D eigenvalue weighted by atomic mass is 10.00. The summed E-state index contributed by atoms with van der Waals surface area (Å²) in [5.41, 5.74) is 7.52. The van der Waals surface area contributed by atoms with Gasteiger partial charge in [-0.2, -0.15) is 0 Å². The Bertz CT molecular complexity index is 619. The fourth-order valence-electron chi connectivity index (χ4n) is 2.69. The SMILES string of the molecule is CS(=O)(=O)NCc1ccc(NC(=O)C[C@@H]2CCC[C@H]2N)cc1.Cl. The van der Waals surface area contributed by atoms with Gasteiger partial charge in [-0.3, -0.25) is 4.79 Å². The summed E-state index contributed by atoms with van der Waals surface area (Å²) in [5.74, 6) is 0.252. The van der Waals surface area contributed by atoms with E-state index < -0.39 is 10.0 Å². The summed E-state index contributed by atoms with van der Waals surface area (Å²) >= 11 is 0. The van der Waals surface area contributed by atoms with Crippen LogP contribution in [0.25, 0.3) is 0 Å². The van der Waals surface area contributed by atoms with E-state index in [0.29, 0.717) is 12.1 Å². The van der Waals surface area contributed by atoms with E-state index in [-0.39, 0.29) is 36.8 Å². The van der Waals surface area contributed by atoms with E-state index in [9.17, 15) is 13.2 Å². The number of benzene rings is 1. The Morgan fingerprint density at radius 1 is 1.26 bits per heavy atom. The van der Waals surface area contributed by atoms with Gasteiger partial charge in [-0.05, 0) is 36.5 Å². The molecular weight excluding hydrogens is 338 g/mol. The molecule has 1 aliphatic rings. The molecule has 4 N–H and O–H groups in total. The number of hydrogen-bond acceptors (Lipinski definition) is 4. The van der Waals surface area contributed by atoms with Gasteiger partial charge in [-0.25, -0.2) is 13.1 Å². The Morgan fingerprint density at radius 2 is 1.91 bits per heavy atom. The first kappa shape index (κ1) is 19.9. The normalized spacial score (nSPS) is 20.8. The zero-order chi connectivity index (χ0) is 16.2. The second kappa shape index (κ2) is 8.63. The molecule has 0 radical (unpaired) electrons. The van der Waals surface area contributed by atoms with Crippen LogP contribution in [0.2, 0.25) is 0 Å². The van der Waals surface area contributed by atoms with E-state index in [1.165, 1.54) is 0 Å². The fraction of sp³-hybridized carbons (Fsp3) is 0.533. The monoisotopic (exact) mass is 361 g/mol. The Balaban J connectivity index is 0.00000264. The largest absolute Gasteiger partial charge is 0.327 e. The minimum Gasteiger partial charge on any atom is -0.327 e. The van der Waals surface area contributed by atoms with Crippen LogP contribution in [0.4, 0.5) is 5.69 Å². The molecule has 2 atom stereocenters. The highest BCUT2D eigenvalue weighted by Crippen LogP contribution is 2.27. The topological polar surface area (TPSA) is 101 Å². The summed E-state index contributed by atoms with van der Waals surface area (Å²) in [4.78, 5) is 12.0. The molecule has 0 heterocycles. The Hall–Kier alpha value is -1.15. The van der Waals surface area contributed by atoms with Crippen molar-refractivity contribution < 1.29 is 13.2 Å². The van der Waals surface area contributed by atoms with Crippen molar-refractivity contribution >= 4 is 34.0 Å². The molecule has 0 unspecified atom stereocenters. The number of carbonyl (C=O) groups is 1. The van der Waals surface area contributed by atoms with Crippen LogP contribution in [0, 0.1) is 5.92 Å². The average Bonchev–Trinajstić information content (AvgIpc) is 2.82. The molecule has 1 aliphatic carbocycles. The molecule has 6 nitrogen and oxygen atoms in total. The van der Waals surface area contributed by atoms with Crippen LogP contribution >= 0.6 is 12.4 Å². The van der Waals surface area contributed by atoms with Gasteiger partial charge >= 0.3 is 0 Å². The fourth-order valence-corrected chi connectivity index (χ4v) is 3.12. The van der Waals surface area contributed by atoms with Gasteiger partial charge in [0.15, 0.2) is 0 Å². The maximum atomic E-state index is 12.0. The first-order chi connectivity index (χ1) is 10.3. The summed E-state index contributed by atoms with van der Waals surface area (Å²) < 4.78 is 24.5. The molecule has 1 saturated carbocycles. The van der Waals surface area contributed by atoms with Crippen molar-refractivity contribution in [3.8, 4) is 0 Å². The Labute approximate surface area is 143 Å². The molecule has 1 fully saturated rings. The van der Waals surface area contributed by atoms with E-state index >= 15 is 0 Å². The van der Waals surface area contributed by atoms with Crippen molar-refractivity contribution in [1.29, 1.82) is 0 Å². The van der Waals surface area contributed by atoms with Gasteiger partial charge < -0.3 is 11.1 Å². The first-order valence-corrected chi connectivity index (χ1v) is 9.31. The number of anilines is 1. The van der Waals surface area contributed by atoms with E-state index in [1.54, 1.807) is 24.3 Å². The average molecular weight is 362 g/mol. The molecule has 1 aromatic rings. The van der Waals surface area contributed by atoms with Crippen LogP contribution in [0.5, 0.6) is 0 Å². The zero-order valence-corrected chi connectivity index (χ0v) is 14.8. The molecule has 0 aromatic heterocycles. The summed E-state index contributed by atoms with van der Waals surface area (Å²) in [6.07, 6.45) is 4.69. The Morgan fingerprint density at radius 3 is 2.43 bits per heavy atom. The highest BCUT2D eigenvalue weighted by molar-refractivity contribution is 7.88. The quantitative estimate of drug-likeness (QED) is 0.716. The molecule has 1 amide bonds. The summed E-state index contributed by atoms with van der Waals surface area (Å²) in [7, 11) is -3.20. The van der Waals surface area contributed by atoms with Gasteiger partial charge in [0.1, 0.15) is 0 Å². The van der Waals surface area contributed by atoms with Gasteiger partial charge in [0.2, 0.25) is 15.9 Å². The first-order valence-electron chi connectivity index (χ1n) is 7.42. The lowest BCUT2D eigenvalue weighted by Crippen LogP contribution is -2.28. The summed E-state index contributed by atoms with van der Waals surface area (Å²) in [6.45, 7) is 0.240. The lowest BCUT2D eigenvalue weighted by molar-refractivity contribution is -0.117. The molecule has 1 aromatic carbocycles. The molecule has 8 heteroatoms. The number of halogens is 1. The van der Waals surface area contributed by atoms with Gasteiger partial charge in [-0.1, -0.05) is 18.6 Å². The van der Waals surface area contributed by atoms with Crippen molar-refractivity contribution in [2.45, 2.75) is 38.3 Å². The van der Waals surface area contributed by atoms with Crippen LogP contribution in [-0.4, -0.2) is 26.6 Å². The van der Waals surface area contributed by atoms with Crippen LogP contribution in [0.3, 0.4) is 0 Å². The number of carbonyl (C=O) groups excluding carboxylic acids is 1. The molecule has 130 valence electrons. The number of nitrogens with one attached hydrogen (secondary N) is 2. The predicted octanol–water partition coefficient (Wildman–Crippen LogP) is 1.61. The number of sulfonamides is 1. The van der Waals surface area contributed by atoms with Crippen LogP contribution < -0.4 is 15.8 Å². The van der Waals surface area contributed by atoms with Crippen molar-refractivity contribution in [2.24, 2.45) is 11.7 Å². The third-order valence-electron chi connectivity index (χ3n) is 3.94. The zero-order valence-electron chi connectivity index (χ0n) is 13.1. The summed E-state index contributed by atoms with van der Waals surface area (Å²) in [5, 5.41) is 2.86. The molecule has 2 rings (SSSR count). The maximum absolute atomic E-state index is 12.0. The number of amides is 1. The van der Waals surface area contributed by atoms with Crippen molar-refractivity contribution in [3.05, 3.63) is 29.8 Å². The van der Waals surface area contributed by atoms with Gasteiger partial charge in [0.25, 0.3) is 0 Å². The highest BCUT2D eigenvalue weighted by atomic mass is 35.5. The summed E-state index contributed by atoms with van der Waals surface area (Å²) in [6, 6.07) is 7.25. The van der Waals surface area contributed by atoms with Crippen molar-refractivity contribution in [1.82, 2.24) is 4.72 Å². The lowest BCUT2D eigenvalue weighted by Gasteiger charge is -2.14. The van der Waals surface area contributed by atoms with Gasteiger partial charge in [0.05, 0.1) is 6.26 Å². The van der Waals surface area contributed by atoms with Crippen molar-refractivity contribution in [2.75, 3.05) is 11.6 Å². The predicted molar refractivity (Wildman–Crippen MR) is 93.9 cm³/mol. The second-order valence-electron chi connectivity index (χ2n) is 5.90. The Kier molecular flexibility index (Phi) is 7.47. The third kappa shape index (κ3) is 6.87.